The van der Waals surface area contributed by atoms with Crippen LogP contribution in [0.4, 0.5) is 10.5 Å². The van der Waals surface area contributed by atoms with Gasteiger partial charge in [0.25, 0.3) is 11.8 Å². The molecule has 1 fully saturated rings. The number of ether oxygens (including phenoxy) is 4. The molecule has 0 atom stereocenters. The highest BCUT2D eigenvalue weighted by Crippen LogP contribution is 2.39. The molecule has 0 spiro atoms. The number of nitrogens with one attached hydrogen (secondary N) is 1. The minimum atomic E-state index is -0.944. The molecule has 0 aliphatic carbocycles. The van der Waals surface area contributed by atoms with Crippen molar-refractivity contribution in [2.75, 3.05) is 32.8 Å². The molecule has 9 nitrogen and oxygen atoms in total. The number of urea groups is 1. The molecule has 10 heteroatoms. The molecule has 0 saturated carbocycles. The first-order valence-corrected chi connectivity index (χ1v) is 9.79. The molecule has 33 heavy (non-hydrogen) atoms. The Bertz CT molecular complexity index is 1200. The number of hydrogen-bond donors (Lipinski definition) is 1. The molecule has 2 aromatic carbocycles. The summed E-state index contributed by atoms with van der Waals surface area (Å²) in [6, 6.07) is 6.58. The van der Waals surface area contributed by atoms with E-state index in [0.29, 0.717) is 17.1 Å². The lowest BCUT2D eigenvalue weighted by Crippen LogP contribution is -2.54. The van der Waals surface area contributed by atoms with Crippen molar-refractivity contribution >= 4 is 41.2 Å². The van der Waals surface area contributed by atoms with Gasteiger partial charge in [-0.1, -0.05) is 23.6 Å². The zero-order chi connectivity index (χ0) is 24.1. The van der Waals surface area contributed by atoms with E-state index in [1.807, 2.05) is 0 Å². The average Bonchev–Trinajstić information content (AvgIpc) is 2.81. The molecule has 170 valence electrons. The number of terminal acetylenes is 1. The summed E-state index contributed by atoms with van der Waals surface area (Å²) in [5.74, 6) is 1.72. The van der Waals surface area contributed by atoms with Gasteiger partial charge in [-0.05, 0) is 23.8 Å². The molecule has 1 aliphatic rings. The third-order valence-electron chi connectivity index (χ3n) is 4.61. The van der Waals surface area contributed by atoms with Crippen LogP contribution in [0.1, 0.15) is 5.56 Å². The Morgan fingerprint density at radius 1 is 1.00 bits per heavy atom. The molecule has 2 aromatic rings. The summed E-state index contributed by atoms with van der Waals surface area (Å²) in [5, 5.41) is 2.37. The second-order valence-electron chi connectivity index (χ2n) is 6.52. The Kier molecular flexibility index (Phi) is 7.10. The Labute approximate surface area is 194 Å². The van der Waals surface area contributed by atoms with Crippen molar-refractivity contribution in [3.05, 3.63) is 46.5 Å². The number of nitrogens with zero attached hydrogens (tertiary/aromatic N) is 1. The van der Waals surface area contributed by atoms with E-state index in [2.05, 4.69) is 11.2 Å². The largest absolute Gasteiger partial charge is 0.495 e. The van der Waals surface area contributed by atoms with E-state index >= 15 is 0 Å². The lowest BCUT2D eigenvalue weighted by Gasteiger charge is -2.28. The monoisotopic (exact) mass is 470 g/mol. The van der Waals surface area contributed by atoms with Crippen LogP contribution in [0.25, 0.3) is 6.08 Å². The molecule has 4 amide bonds. The molecule has 0 radical (unpaired) electrons. The maximum atomic E-state index is 13.2. The summed E-state index contributed by atoms with van der Waals surface area (Å²) >= 11 is 6.12. The fourth-order valence-corrected chi connectivity index (χ4v) is 3.31. The van der Waals surface area contributed by atoms with E-state index in [0.717, 1.165) is 4.90 Å². The maximum absolute atomic E-state index is 13.2. The molecule has 0 aromatic heterocycles. The standard InChI is InChI=1S/C23H19ClN2O7/c1-5-8-33-17-7-6-13(10-20(17)32-4)9-14-21(27)25-23(29)26(22(14)28)16-12-18(30-2)15(24)11-19(16)31-3/h1,6-7,9-12H,8H2,2-4H3,(H,25,27,29)/b14-9-. The van der Waals surface area contributed by atoms with Crippen molar-refractivity contribution in [2.24, 2.45) is 0 Å². The van der Waals surface area contributed by atoms with Crippen LogP contribution in [0.5, 0.6) is 23.0 Å². The molecule has 3 rings (SSSR count). The normalized spacial score (nSPS) is 14.6. The number of barbiturate groups is 1. The van der Waals surface area contributed by atoms with Crippen LogP contribution >= 0.6 is 11.6 Å². The zero-order valence-corrected chi connectivity index (χ0v) is 18.7. The summed E-state index contributed by atoms with van der Waals surface area (Å²) in [7, 11) is 4.18. The van der Waals surface area contributed by atoms with E-state index in [9.17, 15) is 14.4 Å². The number of hydrogen-bond acceptors (Lipinski definition) is 7. The van der Waals surface area contributed by atoms with Gasteiger partial charge in [0.15, 0.2) is 11.5 Å². The minimum Gasteiger partial charge on any atom is -0.495 e. The van der Waals surface area contributed by atoms with Gasteiger partial charge < -0.3 is 18.9 Å². The maximum Gasteiger partial charge on any atom is 0.336 e. The molecule has 0 bridgehead atoms. The highest BCUT2D eigenvalue weighted by atomic mass is 35.5. The Morgan fingerprint density at radius 2 is 1.70 bits per heavy atom. The summed E-state index contributed by atoms with van der Waals surface area (Å²) in [6.45, 7) is 0.0428. The van der Waals surface area contributed by atoms with Gasteiger partial charge in [-0.15, -0.1) is 6.42 Å². The van der Waals surface area contributed by atoms with E-state index in [1.54, 1.807) is 18.2 Å². The molecule has 1 N–H and O–H groups in total. The highest BCUT2D eigenvalue weighted by molar-refractivity contribution is 6.39. The Hall–Kier alpha value is -4.16. The van der Waals surface area contributed by atoms with Crippen molar-refractivity contribution in [3.8, 4) is 35.3 Å². The number of amides is 4. The first-order chi connectivity index (χ1) is 15.8. The van der Waals surface area contributed by atoms with Crippen LogP contribution in [-0.2, 0) is 9.59 Å². The predicted molar refractivity (Wildman–Crippen MR) is 121 cm³/mol. The Morgan fingerprint density at radius 3 is 2.33 bits per heavy atom. The number of carbonyl (C=O) groups is 3. The number of carbonyl (C=O) groups excluding carboxylic acids is 3. The SMILES string of the molecule is C#CCOc1ccc(/C=C2/C(=O)NC(=O)N(c3cc(OC)c(Cl)cc3OC)C2=O)cc1OC. The lowest BCUT2D eigenvalue weighted by molar-refractivity contribution is -0.122. The van der Waals surface area contributed by atoms with Gasteiger partial charge in [-0.3, -0.25) is 14.9 Å². The number of halogens is 1. The van der Waals surface area contributed by atoms with Crippen molar-refractivity contribution in [1.29, 1.82) is 0 Å². The average molecular weight is 471 g/mol. The predicted octanol–water partition coefficient (Wildman–Crippen LogP) is 3.04. The number of anilines is 1. The molecular formula is C23H19ClN2O7. The van der Waals surface area contributed by atoms with Crippen molar-refractivity contribution in [2.45, 2.75) is 0 Å². The lowest BCUT2D eigenvalue weighted by atomic mass is 10.1. The van der Waals surface area contributed by atoms with Gasteiger partial charge in [-0.25, -0.2) is 9.69 Å². The van der Waals surface area contributed by atoms with Crippen LogP contribution in [-0.4, -0.2) is 45.8 Å². The van der Waals surface area contributed by atoms with Gasteiger partial charge in [0.1, 0.15) is 23.7 Å². The van der Waals surface area contributed by atoms with Gasteiger partial charge in [0, 0.05) is 12.1 Å². The van der Waals surface area contributed by atoms with Crippen LogP contribution < -0.4 is 29.2 Å². The van der Waals surface area contributed by atoms with E-state index in [4.69, 9.17) is 37.0 Å². The van der Waals surface area contributed by atoms with Crippen LogP contribution in [0.2, 0.25) is 5.02 Å². The first kappa shape index (κ1) is 23.5. The fourth-order valence-electron chi connectivity index (χ4n) is 3.07. The summed E-state index contributed by atoms with van der Waals surface area (Å²) < 4.78 is 21.1. The summed E-state index contributed by atoms with van der Waals surface area (Å²) in [6.07, 6.45) is 6.53. The van der Waals surface area contributed by atoms with Crippen molar-refractivity contribution in [1.82, 2.24) is 5.32 Å². The number of rotatable bonds is 7. The Balaban J connectivity index is 2.05. The number of benzene rings is 2. The van der Waals surface area contributed by atoms with Crippen LogP contribution in [0, 0.1) is 12.3 Å². The summed E-state index contributed by atoms with van der Waals surface area (Å²) in [4.78, 5) is 39.1. The van der Waals surface area contributed by atoms with Gasteiger partial charge >= 0.3 is 6.03 Å². The molecule has 1 aliphatic heterocycles. The van der Waals surface area contributed by atoms with E-state index in [1.165, 1.54) is 39.5 Å². The molecule has 1 heterocycles. The van der Waals surface area contributed by atoms with Gasteiger partial charge in [0.2, 0.25) is 0 Å². The topological polar surface area (TPSA) is 103 Å². The minimum absolute atomic E-state index is 0.0428. The second-order valence-corrected chi connectivity index (χ2v) is 6.93. The summed E-state index contributed by atoms with van der Waals surface area (Å²) in [5.41, 5.74) is 0.216. The molecule has 1 saturated heterocycles. The van der Waals surface area contributed by atoms with Gasteiger partial charge in [-0.2, -0.15) is 0 Å². The third kappa shape index (κ3) is 4.71. The highest BCUT2D eigenvalue weighted by Gasteiger charge is 2.38. The second kappa shape index (κ2) is 9.97. The number of methoxy groups -OCH3 is 3. The molecule has 0 unspecified atom stereocenters. The zero-order valence-electron chi connectivity index (χ0n) is 17.9. The fraction of sp³-hybridized carbons (Fsp3) is 0.174. The van der Waals surface area contributed by atoms with E-state index < -0.39 is 17.8 Å². The van der Waals surface area contributed by atoms with Crippen LogP contribution in [0.15, 0.2) is 35.9 Å². The van der Waals surface area contributed by atoms with E-state index in [-0.39, 0.29) is 34.4 Å². The third-order valence-corrected chi connectivity index (χ3v) is 4.90. The van der Waals surface area contributed by atoms with Crippen molar-refractivity contribution in [3.63, 3.8) is 0 Å². The van der Waals surface area contributed by atoms with Gasteiger partial charge in [0.05, 0.1) is 32.0 Å². The van der Waals surface area contributed by atoms with Crippen molar-refractivity contribution < 1.29 is 33.3 Å². The quantitative estimate of drug-likeness (QED) is 0.377. The first-order valence-electron chi connectivity index (χ1n) is 9.41. The van der Waals surface area contributed by atoms with Crippen LogP contribution in [0.3, 0.4) is 0 Å². The smallest absolute Gasteiger partial charge is 0.336 e. The number of imide groups is 2. The molecular weight excluding hydrogens is 452 g/mol.